The maximum Gasteiger partial charge on any atom is 0.0858 e. The third-order valence-electron chi connectivity index (χ3n) is 1.84. The van der Waals surface area contributed by atoms with Gasteiger partial charge in [0.25, 0.3) is 0 Å². The van der Waals surface area contributed by atoms with Crippen molar-refractivity contribution in [2.24, 2.45) is 0 Å². The van der Waals surface area contributed by atoms with Crippen LogP contribution >= 0.6 is 12.2 Å². The molecule has 70 valence electrons. The number of aromatic nitrogens is 1. The summed E-state index contributed by atoms with van der Waals surface area (Å²) in [5.74, 6) is 0. The molecular weight excluding hydrogens is 202 g/mol. The molecule has 0 saturated heterocycles. The molecule has 5 heteroatoms. The fourth-order valence-corrected chi connectivity index (χ4v) is 1.59. The second kappa shape index (κ2) is 3.87. The topological polar surface area (TPSA) is 53.5 Å². The number of quaternary nitrogens is 1. The average Bonchev–Trinajstić information content (AvgIpc) is 2.52. The Kier molecular flexibility index (Phi) is 3.02. The zero-order valence-corrected chi connectivity index (χ0v) is 8.86. The Morgan fingerprint density at radius 3 is 3.08 bits per heavy atom. The molecule has 0 saturated carbocycles. The molecule has 2 heterocycles. The van der Waals surface area contributed by atoms with Crippen LogP contribution in [0.5, 0.6) is 0 Å². The number of hydrogen-bond donors (Lipinski definition) is 2. The van der Waals surface area contributed by atoms with Crippen LogP contribution in [0.25, 0.3) is 6.20 Å². The molecule has 1 aliphatic heterocycles. The highest BCUT2D eigenvalue weighted by Crippen LogP contribution is 2.21. The summed E-state index contributed by atoms with van der Waals surface area (Å²) in [6.07, 6.45) is 6.04. The van der Waals surface area contributed by atoms with Crippen molar-refractivity contribution in [3.05, 3.63) is 30.1 Å². The summed E-state index contributed by atoms with van der Waals surface area (Å²) < 4.78 is 2.46. The highest BCUT2D eigenvalue weighted by atomic mass is 32.1. The quantitative estimate of drug-likeness (QED) is 0.552. The molecule has 0 fully saturated rings. The van der Waals surface area contributed by atoms with Gasteiger partial charge in [-0.2, -0.15) is 0 Å². The molecule has 5 N–H and O–H groups in total. The van der Waals surface area contributed by atoms with E-state index in [0.29, 0.717) is 4.32 Å². The van der Waals surface area contributed by atoms with E-state index in [9.17, 15) is 0 Å². The van der Waals surface area contributed by atoms with Crippen LogP contribution in [0.4, 0.5) is 0 Å². The second-order valence-electron chi connectivity index (χ2n) is 2.59. The van der Waals surface area contributed by atoms with E-state index in [-0.39, 0.29) is 12.2 Å². The summed E-state index contributed by atoms with van der Waals surface area (Å²) in [5, 5.41) is 3.02. The van der Waals surface area contributed by atoms with Crippen LogP contribution in [0.1, 0.15) is 11.7 Å². The number of hydrogen-bond acceptors (Lipinski definition) is 2. The van der Waals surface area contributed by atoms with Crippen LogP contribution in [0.3, 0.4) is 0 Å². The molecule has 0 aliphatic carbocycles. The number of thiocarbonyl (C=S) groups is 1. The molecule has 0 radical (unpaired) electrons. The van der Waals surface area contributed by atoms with Gasteiger partial charge >= 0.3 is 0 Å². The number of nitrogens with zero attached hydrogens (tertiary/aromatic N) is 1. The standard InChI is InChI=1S/C8H8N2S2.H3N/c11-8(12)9-6-3-5-10-4-1-2-7(6)10;/h1-6H,(H2,9,11,12);1H3. The zero-order chi connectivity index (χ0) is 8.55. The van der Waals surface area contributed by atoms with Gasteiger partial charge in [0.2, 0.25) is 0 Å². The van der Waals surface area contributed by atoms with Gasteiger partial charge in [0.15, 0.2) is 0 Å². The van der Waals surface area contributed by atoms with Gasteiger partial charge in [-0.25, -0.2) is 0 Å². The molecule has 1 atom stereocenters. The van der Waals surface area contributed by atoms with Crippen molar-refractivity contribution in [1.82, 2.24) is 16.0 Å². The van der Waals surface area contributed by atoms with E-state index >= 15 is 0 Å². The third-order valence-corrected chi connectivity index (χ3v) is 2.08. The van der Waals surface area contributed by atoms with Crippen LogP contribution in [0.15, 0.2) is 24.4 Å². The predicted molar refractivity (Wildman–Crippen MR) is 61.6 cm³/mol. The highest BCUT2D eigenvalue weighted by molar-refractivity contribution is 8.00. The van der Waals surface area contributed by atoms with E-state index < -0.39 is 0 Å². The van der Waals surface area contributed by atoms with Crippen molar-refractivity contribution in [3.63, 3.8) is 0 Å². The Balaban J connectivity index is 0.000000845. The fraction of sp³-hybridized carbons (Fsp3) is 0.125. The van der Waals surface area contributed by atoms with Gasteiger partial charge in [0.1, 0.15) is 0 Å². The molecule has 1 aliphatic rings. The molecule has 1 aromatic heterocycles. The first-order valence-corrected chi connectivity index (χ1v) is 4.41. The molecule has 3 nitrogen and oxygen atoms in total. The van der Waals surface area contributed by atoms with Crippen LogP contribution in [0, 0.1) is 0 Å². The Morgan fingerprint density at radius 2 is 2.38 bits per heavy atom. The van der Waals surface area contributed by atoms with Crippen molar-refractivity contribution >= 4 is 35.4 Å². The largest absolute Gasteiger partial charge is 0.412 e. The van der Waals surface area contributed by atoms with Crippen molar-refractivity contribution in [3.8, 4) is 0 Å². The molecule has 13 heavy (non-hydrogen) atoms. The van der Waals surface area contributed by atoms with Crippen molar-refractivity contribution in [1.29, 1.82) is 0 Å². The van der Waals surface area contributed by atoms with E-state index in [4.69, 9.17) is 24.8 Å². The summed E-state index contributed by atoms with van der Waals surface area (Å²) in [7, 11) is 0. The SMILES string of the molecule is S=C([S-])NC1C=Cn2cccc21.[NH4+]. The molecule has 0 bridgehead atoms. The molecule has 0 aromatic carbocycles. The summed E-state index contributed by atoms with van der Waals surface area (Å²) in [6.45, 7) is 0. The highest BCUT2D eigenvalue weighted by Gasteiger charge is 2.14. The lowest BCUT2D eigenvalue weighted by Crippen LogP contribution is -2.22. The Labute approximate surface area is 87.8 Å². The Morgan fingerprint density at radius 1 is 1.62 bits per heavy atom. The maximum atomic E-state index is 4.80. The number of nitrogens with one attached hydrogen (secondary N) is 1. The third kappa shape index (κ3) is 1.88. The van der Waals surface area contributed by atoms with E-state index in [0.717, 1.165) is 0 Å². The number of rotatable bonds is 1. The first-order chi connectivity index (χ1) is 5.77. The van der Waals surface area contributed by atoms with E-state index in [2.05, 4.69) is 5.32 Å². The van der Waals surface area contributed by atoms with Crippen LogP contribution < -0.4 is 11.5 Å². The van der Waals surface area contributed by atoms with Crippen molar-refractivity contribution < 1.29 is 0 Å². The fourth-order valence-electron chi connectivity index (χ4n) is 1.33. The summed E-state index contributed by atoms with van der Waals surface area (Å²) >= 11 is 9.59. The van der Waals surface area contributed by atoms with E-state index in [1.54, 1.807) is 0 Å². The Bertz CT molecular complexity index is 343. The van der Waals surface area contributed by atoms with Crippen LogP contribution in [-0.4, -0.2) is 8.89 Å². The maximum absolute atomic E-state index is 4.80. The lowest BCUT2D eigenvalue weighted by molar-refractivity contribution is 0.792. The molecule has 1 unspecified atom stereocenters. The smallest absolute Gasteiger partial charge is 0.0858 e. The van der Waals surface area contributed by atoms with Gasteiger partial charge in [-0.05, 0) is 18.2 Å². The van der Waals surface area contributed by atoms with Gasteiger partial charge in [0.05, 0.1) is 6.04 Å². The second-order valence-corrected chi connectivity index (χ2v) is 3.67. The van der Waals surface area contributed by atoms with Crippen molar-refractivity contribution in [2.45, 2.75) is 6.04 Å². The average molecular weight is 213 g/mol. The van der Waals surface area contributed by atoms with E-state index in [1.807, 2.05) is 35.2 Å². The minimum Gasteiger partial charge on any atom is -0.412 e. The lowest BCUT2D eigenvalue weighted by Gasteiger charge is -2.15. The summed E-state index contributed by atoms with van der Waals surface area (Å²) in [4.78, 5) is 0. The molecule has 0 spiro atoms. The summed E-state index contributed by atoms with van der Waals surface area (Å²) in [5.41, 5.74) is 1.18. The Hall–Kier alpha value is -0.910. The predicted octanol–water partition coefficient (Wildman–Crippen LogP) is 1.81. The van der Waals surface area contributed by atoms with Gasteiger partial charge < -0.3 is 40.9 Å². The van der Waals surface area contributed by atoms with Crippen molar-refractivity contribution in [2.75, 3.05) is 0 Å². The van der Waals surface area contributed by atoms with Crippen LogP contribution in [-0.2, 0) is 12.6 Å². The normalized spacial score (nSPS) is 17.7. The monoisotopic (exact) mass is 213 g/mol. The molecule has 1 aromatic rings. The zero-order valence-electron chi connectivity index (χ0n) is 7.23. The first-order valence-electron chi connectivity index (χ1n) is 3.60. The van der Waals surface area contributed by atoms with Gasteiger partial charge in [-0.3, -0.25) is 0 Å². The van der Waals surface area contributed by atoms with Gasteiger partial charge in [-0.15, -0.1) is 0 Å². The van der Waals surface area contributed by atoms with Gasteiger partial charge in [0, 0.05) is 18.1 Å². The molecular formula is C8H11N3S2. The van der Waals surface area contributed by atoms with E-state index in [1.165, 1.54) is 5.69 Å². The minimum atomic E-state index is 0. The molecule has 0 amide bonds. The van der Waals surface area contributed by atoms with Gasteiger partial charge in [-0.1, -0.05) is 4.32 Å². The number of fused-ring (bicyclic) bond motifs is 1. The minimum absolute atomic E-state index is 0. The molecule has 2 rings (SSSR count). The summed E-state index contributed by atoms with van der Waals surface area (Å²) in [6, 6.07) is 4.20. The van der Waals surface area contributed by atoms with Crippen LogP contribution in [0.2, 0.25) is 0 Å². The lowest BCUT2D eigenvalue weighted by atomic mass is 10.2. The first kappa shape index (κ1) is 10.2.